The number of ether oxygens (including phenoxy) is 1. The Bertz CT molecular complexity index is 1190. The van der Waals surface area contributed by atoms with Gasteiger partial charge in [-0.2, -0.15) is 5.10 Å². The fourth-order valence-corrected chi connectivity index (χ4v) is 2.61. The van der Waals surface area contributed by atoms with Gasteiger partial charge in [0.1, 0.15) is 12.1 Å². The van der Waals surface area contributed by atoms with E-state index in [1.54, 1.807) is 53.5 Å². The van der Waals surface area contributed by atoms with Gasteiger partial charge in [-0.15, -0.1) is 0 Å². The SMILES string of the molecule is O=C(Nc1ccc(Oc2cc(-n3cccn3)ncn2)cc1)c1cccc([N+](=O)[O-])c1. The molecule has 1 amide bonds. The Balaban J connectivity index is 1.43. The average molecular weight is 402 g/mol. The van der Waals surface area contributed by atoms with Crippen molar-refractivity contribution in [2.24, 2.45) is 0 Å². The van der Waals surface area contributed by atoms with E-state index in [1.165, 1.54) is 30.6 Å². The van der Waals surface area contributed by atoms with E-state index in [4.69, 9.17) is 4.74 Å². The molecule has 0 saturated heterocycles. The van der Waals surface area contributed by atoms with E-state index in [1.807, 2.05) is 0 Å². The summed E-state index contributed by atoms with van der Waals surface area (Å²) >= 11 is 0. The van der Waals surface area contributed by atoms with E-state index in [2.05, 4.69) is 20.4 Å². The topological polar surface area (TPSA) is 125 Å². The third-order valence-electron chi connectivity index (χ3n) is 4.02. The maximum atomic E-state index is 12.3. The highest BCUT2D eigenvalue weighted by Gasteiger charge is 2.12. The van der Waals surface area contributed by atoms with Crippen LogP contribution in [0.2, 0.25) is 0 Å². The van der Waals surface area contributed by atoms with Crippen molar-refractivity contribution in [2.75, 3.05) is 5.32 Å². The first-order valence-electron chi connectivity index (χ1n) is 8.74. The van der Waals surface area contributed by atoms with Gasteiger partial charge in [0.15, 0.2) is 5.82 Å². The average Bonchev–Trinajstić information content (AvgIpc) is 3.30. The number of nitro groups is 1. The molecule has 0 unspecified atom stereocenters. The van der Waals surface area contributed by atoms with Crippen LogP contribution in [0.3, 0.4) is 0 Å². The molecule has 30 heavy (non-hydrogen) atoms. The summed E-state index contributed by atoms with van der Waals surface area (Å²) in [6, 6.07) is 15.6. The van der Waals surface area contributed by atoms with E-state index in [0.717, 1.165) is 0 Å². The molecule has 2 heterocycles. The quantitative estimate of drug-likeness (QED) is 0.386. The molecule has 4 aromatic rings. The molecule has 0 spiro atoms. The molecule has 1 N–H and O–H groups in total. The van der Waals surface area contributed by atoms with E-state index in [9.17, 15) is 14.9 Å². The number of aromatic nitrogens is 4. The second-order valence-electron chi connectivity index (χ2n) is 6.05. The molecule has 0 radical (unpaired) electrons. The summed E-state index contributed by atoms with van der Waals surface area (Å²) in [5.41, 5.74) is 0.557. The van der Waals surface area contributed by atoms with Gasteiger partial charge in [-0.25, -0.2) is 14.6 Å². The zero-order valence-corrected chi connectivity index (χ0v) is 15.4. The summed E-state index contributed by atoms with van der Waals surface area (Å²) in [5.74, 6) is 0.954. The summed E-state index contributed by atoms with van der Waals surface area (Å²) < 4.78 is 7.31. The third kappa shape index (κ3) is 4.28. The number of carbonyl (C=O) groups is 1. The molecular formula is C20H14N6O4. The molecule has 4 rings (SSSR count). The Labute approximate surface area is 169 Å². The van der Waals surface area contributed by atoms with Gasteiger partial charge in [0.2, 0.25) is 5.88 Å². The predicted octanol–water partition coefficient (Wildman–Crippen LogP) is 3.62. The minimum Gasteiger partial charge on any atom is -0.439 e. The maximum Gasteiger partial charge on any atom is 0.270 e. The summed E-state index contributed by atoms with van der Waals surface area (Å²) in [7, 11) is 0. The fourth-order valence-electron chi connectivity index (χ4n) is 2.61. The van der Waals surface area contributed by atoms with E-state index in [0.29, 0.717) is 23.1 Å². The Hall–Kier alpha value is -4.60. The molecule has 0 aliphatic carbocycles. The van der Waals surface area contributed by atoms with Crippen LogP contribution >= 0.6 is 0 Å². The monoisotopic (exact) mass is 402 g/mol. The summed E-state index contributed by atoms with van der Waals surface area (Å²) in [6.07, 6.45) is 4.77. The van der Waals surface area contributed by atoms with E-state index < -0.39 is 10.8 Å². The third-order valence-corrected chi connectivity index (χ3v) is 4.02. The zero-order chi connectivity index (χ0) is 20.9. The number of hydrogen-bond donors (Lipinski definition) is 1. The molecule has 2 aromatic carbocycles. The van der Waals surface area contributed by atoms with Gasteiger partial charge in [-0.1, -0.05) is 6.07 Å². The fraction of sp³-hybridized carbons (Fsp3) is 0. The Morgan fingerprint density at radius 1 is 1.07 bits per heavy atom. The van der Waals surface area contributed by atoms with Gasteiger partial charge in [0, 0.05) is 41.8 Å². The van der Waals surface area contributed by atoms with Gasteiger partial charge >= 0.3 is 0 Å². The minimum absolute atomic E-state index is 0.147. The molecule has 0 fully saturated rings. The highest BCUT2D eigenvalue weighted by Crippen LogP contribution is 2.23. The number of nitro benzene ring substituents is 1. The van der Waals surface area contributed by atoms with Crippen LogP contribution in [-0.2, 0) is 0 Å². The van der Waals surface area contributed by atoms with Crippen molar-refractivity contribution in [2.45, 2.75) is 0 Å². The van der Waals surface area contributed by atoms with Gasteiger partial charge < -0.3 is 10.1 Å². The van der Waals surface area contributed by atoms with Crippen LogP contribution < -0.4 is 10.1 Å². The standard InChI is InChI=1S/C20H14N6O4/c27-20(14-3-1-4-16(11-14)26(28)29)24-15-5-7-17(8-6-15)30-19-12-18(21-13-22-19)25-10-2-9-23-25/h1-13H,(H,24,27). The highest BCUT2D eigenvalue weighted by atomic mass is 16.6. The molecule has 0 atom stereocenters. The van der Waals surface area contributed by atoms with Crippen molar-refractivity contribution in [3.8, 4) is 17.4 Å². The molecule has 148 valence electrons. The first kappa shape index (κ1) is 18.7. The second-order valence-corrected chi connectivity index (χ2v) is 6.05. The van der Waals surface area contributed by atoms with Crippen LogP contribution in [0.5, 0.6) is 11.6 Å². The van der Waals surface area contributed by atoms with E-state index in [-0.39, 0.29) is 11.3 Å². The Morgan fingerprint density at radius 2 is 1.90 bits per heavy atom. The van der Waals surface area contributed by atoms with Crippen molar-refractivity contribution in [3.05, 3.63) is 95.1 Å². The van der Waals surface area contributed by atoms with Crippen molar-refractivity contribution in [3.63, 3.8) is 0 Å². The second kappa shape index (κ2) is 8.19. The van der Waals surface area contributed by atoms with Crippen molar-refractivity contribution >= 4 is 17.3 Å². The number of carbonyl (C=O) groups excluding carboxylic acids is 1. The molecule has 0 bridgehead atoms. The lowest BCUT2D eigenvalue weighted by Gasteiger charge is -2.08. The number of benzene rings is 2. The highest BCUT2D eigenvalue weighted by molar-refractivity contribution is 6.04. The number of hydrogen-bond acceptors (Lipinski definition) is 7. The molecule has 0 aliphatic heterocycles. The first-order valence-corrected chi connectivity index (χ1v) is 8.74. The number of rotatable bonds is 6. The molecule has 10 nitrogen and oxygen atoms in total. The van der Waals surface area contributed by atoms with Crippen LogP contribution in [0.25, 0.3) is 5.82 Å². The molecule has 0 saturated carbocycles. The summed E-state index contributed by atoms with van der Waals surface area (Å²) in [5, 5.41) is 17.7. The summed E-state index contributed by atoms with van der Waals surface area (Å²) in [4.78, 5) is 30.8. The number of amides is 1. The Morgan fingerprint density at radius 3 is 2.63 bits per heavy atom. The predicted molar refractivity (Wildman–Crippen MR) is 107 cm³/mol. The zero-order valence-electron chi connectivity index (χ0n) is 15.4. The van der Waals surface area contributed by atoms with Crippen molar-refractivity contribution < 1.29 is 14.5 Å². The van der Waals surface area contributed by atoms with Crippen LogP contribution in [0.15, 0.2) is 79.4 Å². The number of anilines is 1. The minimum atomic E-state index is -0.548. The number of nitrogens with one attached hydrogen (secondary N) is 1. The molecule has 2 aromatic heterocycles. The van der Waals surface area contributed by atoms with Crippen LogP contribution in [0.4, 0.5) is 11.4 Å². The molecule has 10 heteroatoms. The van der Waals surface area contributed by atoms with Gasteiger partial charge in [-0.3, -0.25) is 14.9 Å². The summed E-state index contributed by atoms with van der Waals surface area (Å²) in [6.45, 7) is 0. The van der Waals surface area contributed by atoms with Gasteiger partial charge in [-0.05, 0) is 36.4 Å². The number of nitrogens with zero attached hydrogens (tertiary/aromatic N) is 5. The van der Waals surface area contributed by atoms with Crippen molar-refractivity contribution in [1.82, 2.24) is 19.7 Å². The largest absolute Gasteiger partial charge is 0.439 e. The van der Waals surface area contributed by atoms with Crippen LogP contribution in [0.1, 0.15) is 10.4 Å². The van der Waals surface area contributed by atoms with Crippen molar-refractivity contribution in [1.29, 1.82) is 0 Å². The molecule has 0 aliphatic rings. The normalized spacial score (nSPS) is 10.4. The first-order chi connectivity index (χ1) is 14.6. The lowest BCUT2D eigenvalue weighted by atomic mass is 10.2. The number of non-ortho nitro benzene ring substituents is 1. The van der Waals surface area contributed by atoms with Gasteiger partial charge in [0.05, 0.1) is 4.92 Å². The molecular weight excluding hydrogens is 388 g/mol. The van der Waals surface area contributed by atoms with Crippen LogP contribution in [-0.4, -0.2) is 30.6 Å². The lowest BCUT2D eigenvalue weighted by Crippen LogP contribution is -2.11. The maximum absolute atomic E-state index is 12.3. The smallest absolute Gasteiger partial charge is 0.270 e. The lowest BCUT2D eigenvalue weighted by molar-refractivity contribution is -0.384. The van der Waals surface area contributed by atoms with Crippen LogP contribution in [0, 0.1) is 10.1 Å². The Kier molecular flexibility index (Phi) is 5.12. The van der Waals surface area contributed by atoms with Gasteiger partial charge in [0.25, 0.3) is 11.6 Å². The van der Waals surface area contributed by atoms with E-state index >= 15 is 0 Å².